The van der Waals surface area contributed by atoms with Crippen LogP contribution in [0.15, 0.2) is 59.6 Å². The van der Waals surface area contributed by atoms with Crippen molar-refractivity contribution in [1.82, 2.24) is 9.97 Å². The van der Waals surface area contributed by atoms with Gasteiger partial charge < -0.3 is 10.1 Å². The molecule has 0 bridgehead atoms. The lowest BCUT2D eigenvalue weighted by Gasteiger charge is -2.07. The maximum absolute atomic E-state index is 12.4. The molecule has 0 unspecified atom stereocenters. The normalized spacial score (nSPS) is 10.7. The van der Waals surface area contributed by atoms with E-state index in [1.54, 1.807) is 18.2 Å². The van der Waals surface area contributed by atoms with E-state index in [2.05, 4.69) is 21.4 Å². The summed E-state index contributed by atoms with van der Waals surface area (Å²) in [6.07, 6.45) is 0.266. The fraction of sp³-hybridized carbons (Fsp3) is 0.167. The first-order valence-corrected chi connectivity index (χ1v) is 12.4. The van der Waals surface area contributed by atoms with Gasteiger partial charge in [-0.3, -0.25) is 4.79 Å². The lowest BCUT2D eigenvalue weighted by molar-refractivity contribution is -0.115. The van der Waals surface area contributed by atoms with Crippen LogP contribution in [-0.4, -0.2) is 28.2 Å². The van der Waals surface area contributed by atoms with E-state index in [4.69, 9.17) is 16.3 Å². The van der Waals surface area contributed by atoms with Crippen LogP contribution in [0.5, 0.6) is 5.75 Å². The maximum Gasteiger partial charge on any atom is 0.226 e. The fourth-order valence-corrected chi connectivity index (χ4v) is 5.00. The Morgan fingerprint density at radius 3 is 2.76 bits per heavy atom. The van der Waals surface area contributed by atoms with Crippen molar-refractivity contribution in [2.24, 2.45) is 0 Å². The summed E-state index contributed by atoms with van der Waals surface area (Å²) in [6, 6.07) is 18.8. The molecule has 166 valence electrons. The molecule has 1 amide bonds. The average Bonchev–Trinajstić information content (AvgIpc) is 3.21. The van der Waals surface area contributed by atoms with E-state index in [1.165, 1.54) is 23.1 Å². The van der Waals surface area contributed by atoms with Crippen LogP contribution in [0.4, 0.5) is 5.13 Å². The van der Waals surface area contributed by atoms with Crippen LogP contribution in [0.25, 0.3) is 21.5 Å². The first-order valence-electron chi connectivity index (χ1n) is 10.2. The van der Waals surface area contributed by atoms with Gasteiger partial charge in [0, 0.05) is 22.8 Å². The minimum absolute atomic E-state index is 0.140. The highest BCUT2D eigenvalue weighted by atomic mass is 35.5. The van der Waals surface area contributed by atoms with E-state index in [0.717, 1.165) is 27.2 Å². The minimum Gasteiger partial charge on any atom is -0.494 e. The van der Waals surface area contributed by atoms with Crippen molar-refractivity contribution in [1.29, 1.82) is 5.26 Å². The Bertz CT molecular complexity index is 1330. The summed E-state index contributed by atoms with van der Waals surface area (Å²) in [7, 11) is 0. The zero-order chi connectivity index (χ0) is 23.2. The molecule has 0 aliphatic carbocycles. The van der Waals surface area contributed by atoms with Crippen LogP contribution in [0.2, 0.25) is 5.02 Å². The SMILES string of the molecule is CCOc1ccc2nc(NC(=O)CCSc3nc(-c4ccc(Cl)cc4)ccc3C#N)sc2c1. The van der Waals surface area contributed by atoms with Gasteiger partial charge in [-0.1, -0.05) is 35.1 Å². The molecule has 4 rings (SSSR count). The number of anilines is 1. The number of amides is 1. The second kappa shape index (κ2) is 10.7. The highest BCUT2D eigenvalue weighted by molar-refractivity contribution is 7.99. The van der Waals surface area contributed by atoms with E-state index < -0.39 is 0 Å². The molecular weight excluding hydrogens is 476 g/mol. The number of hydrogen-bond acceptors (Lipinski definition) is 7. The molecule has 2 aromatic carbocycles. The number of carbonyl (C=O) groups excluding carboxylic acids is 1. The van der Waals surface area contributed by atoms with Crippen molar-refractivity contribution in [2.45, 2.75) is 18.4 Å². The van der Waals surface area contributed by atoms with E-state index in [9.17, 15) is 10.1 Å². The zero-order valence-electron chi connectivity index (χ0n) is 17.7. The summed E-state index contributed by atoms with van der Waals surface area (Å²) in [4.78, 5) is 21.5. The summed E-state index contributed by atoms with van der Waals surface area (Å²) in [5, 5.41) is 14.1. The lowest BCUT2D eigenvalue weighted by atomic mass is 10.1. The molecule has 0 fully saturated rings. The van der Waals surface area contributed by atoms with Crippen LogP contribution in [0.3, 0.4) is 0 Å². The van der Waals surface area contributed by atoms with Gasteiger partial charge >= 0.3 is 0 Å². The molecule has 0 saturated carbocycles. The van der Waals surface area contributed by atoms with Gasteiger partial charge in [0.1, 0.15) is 16.8 Å². The standard InChI is InChI=1S/C24H19ClN4O2S2/c1-2-31-18-8-10-20-21(13-18)33-24(28-20)29-22(30)11-12-32-23-16(14-26)5-9-19(27-23)15-3-6-17(25)7-4-15/h3-10,13H,2,11-12H2,1H3,(H,28,29,30). The van der Waals surface area contributed by atoms with Crippen LogP contribution in [-0.2, 0) is 4.79 Å². The van der Waals surface area contributed by atoms with Gasteiger partial charge in [0.25, 0.3) is 0 Å². The Balaban J connectivity index is 1.38. The van der Waals surface area contributed by atoms with Crippen molar-refractivity contribution in [3.63, 3.8) is 0 Å². The third-order valence-electron chi connectivity index (χ3n) is 4.61. The first-order chi connectivity index (χ1) is 16.1. The maximum atomic E-state index is 12.4. The summed E-state index contributed by atoms with van der Waals surface area (Å²) in [6.45, 7) is 2.53. The molecule has 2 heterocycles. The topological polar surface area (TPSA) is 87.9 Å². The Morgan fingerprint density at radius 2 is 2.00 bits per heavy atom. The summed E-state index contributed by atoms with van der Waals surface area (Å²) < 4.78 is 6.47. The molecule has 33 heavy (non-hydrogen) atoms. The number of nitrogens with zero attached hydrogens (tertiary/aromatic N) is 3. The molecule has 0 radical (unpaired) electrons. The molecule has 6 nitrogen and oxygen atoms in total. The number of hydrogen-bond donors (Lipinski definition) is 1. The number of ether oxygens (including phenoxy) is 1. The third-order valence-corrected chi connectivity index (χ3v) is 6.78. The Morgan fingerprint density at radius 1 is 1.18 bits per heavy atom. The number of aromatic nitrogens is 2. The van der Waals surface area contributed by atoms with Gasteiger partial charge in [-0.25, -0.2) is 9.97 Å². The summed E-state index contributed by atoms with van der Waals surface area (Å²) in [5.41, 5.74) is 2.95. The van der Waals surface area contributed by atoms with Gasteiger partial charge in [0.2, 0.25) is 5.91 Å². The molecule has 2 aromatic heterocycles. The lowest BCUT2D eigenvalue weighted by Crippen LogP contribution is -2.12. The van der Waals surface area contributed by atoms with Crippen molar-refractivity contribution in [2.75, 3.05) is 17.7 Å². The molecule has 9 heteroatoms. The second-order valence-corrected chi connectivity index (χ2v) is 9.45. The largest absolute Gasteiger partial charge is 0.494 e. The number of benzene rings is 2. The molecular formula is C24H19ClN4O2S2. The molecule has 0 aliphatic heterocycles. The van der Waals surface area contributed by atoms with E-state index >= 15 is 0 Å². The molecule has 0 aliphatic rings. The number of thioether (sulfide) groups is 1. The Labute approximate surface area is 204 Å². The van der Waals surface area contributed by atoms with Gasteiger partial charge in [-0.2, -0.15) is 5.26 Å². The van der Waals surface area contributed by atoms with Crippen molar-refractivity contribution < 1.29 is 9.53 Å². The summed E-state index contributed by atoms with van der Waals surface area (Å²) in [5.74, 6) is 1.13. The number of nitriles is 1. The molecule has 0 atom stereocenters. The predicted molar refractivity (Wildman–Crippen MR) is 134 cm³/mol. The van der Waals surface area contributed by atoms with Crippen LogP contribution >= 0.6 is 34.7 Å². The number of carbonyl (C=O) groups is 1. The van der Waals surface area contributed by atoms with Crippen LogP contribution in [0.1, 0.15) is 18.9 Å². The number of fused-ring (bicyclic) bond motifs is 1. The highest BCUT2D eigenvalue weighted by Gasteiger charge is 2.12. The predicted octanol–water partition coefficient (Wildman–Crippen LogP) is 6.40. The smallest absolute Gasteiger partial charge is 0.226 e. The second-order valence-electron chi connectivity index (χ2n) is 6.90. The van der Waals surface area contributed by atoms with E-state index in [1.807, 2.05) is 43.3 Å². The van der Waals surface area contributed by atoms with Gasteiger partial charge in [0.15, 0.2) is 5.13 Å². The molecule has 0 spiro atoms. The number of halogens is 1. The molecule has 1 N–H and O–H groups in total. The average molecular weight is 495 g/mol. The zero-order valence-corrected chi connectivity index (χ0v) is 20.1. The number of nitrogens with one attached hydrogen (secondary N) is 1. The number of rotatable bonds is 8. The van der Waals surface area contributed by atoms with Crippen molar-refractivity contribution in [3.8, 4) is 23.1 Å². The quantitative estimate of drug-likeness (QED) is 0.285. The van der Waals surface area contributed by atoms with Gasteiger partial charge in [-0.05, 0) is 49.4 Å². The Kier molecular flexibility index (Phi) is 7.45. The van der Waals surface area contributed by atoms with Crippen LogP contribution < -0.4 is 10.1 Å². The van der Waals surface area contributed by atoms with Gasteiger partial charge in [0.05, 0.1) is 28.1 Å². The van der Waals surface area contributed by atoms with Crippen molar-refractivity contribution >= 4 is 56.0 Å². The third kappa shape index (κ3) is 5.82. The monoisotopic (exact) mass is 494 g/mol. The fourth-order valence-electron chi connectivity index (χ4n) is 3.05. The number of pyridine rings is 1. The van der Waals surface area contributed by atoms with E-state index in [-0.39, 0.29) is 12.3 Å². The summed E-state index contributed by atoms with van der Waals surface area (Å²) >= 11 is 8.75. The van der Waals surface area contributed by atoms with Crippen molar-refractivity contribution in [3.05, 3.63) is 65.2 Å². The highest BCUT2D eigenvalue weighted by Crippen LogP contribution is 2.30. The minimum atomic E-state index is -0.140. The Hall–Kier alpha value is -3.12. The molecule has 4 aromatic rings. The molecule has 0 saturated heterocycles. The van der Waals surface area contributed by atoms with Gasteiger partial charge in [-0.15, -0.1) is 11.8 Å². The number of thiazole rings is 1. The first kappa shape index (κ1) is 23.1. The van der Waals surface area contributed by atoms with E-state index in [0.29, 0.717) is 33.1 Å². The van der Waals surface area contributed by atoms with Crippen LogP contribution in [0, 0.1) is 11.3 Å².